The van der Waals surface area contributed by atoms with Gasteiger partial charge < -0.3 is 74.7 Å². The molecule has 46 heavy (non-hydrogen) atoms. The third-order valence-electron chi connectivity index (χ3n) is 6.81. The summed E-state index contributed by atoms with van der Waals surface area (Å²) in [5.41, 5.74) is 0. The van der Waals surface area contributed by atoms with Crippen LogP contribution in [0.3, 0.4) is 0 Å². The Morgan fingerprint density at radius 3 is 1.13 bits per heavy atom. The van der Waals surface area contributed by atoms with E-state index < -0.39 is 112 Å². The Morgan fingerprint density at radius 2 is 0.761 bits per heavy atom. The SMILES string of the molecule is CC(C)[C@@H]1OC(CO)[C@@H](O[C@@H]2OC(CO)[C@H](O[C@H]3OC(CO)[C@H](O)[C@H](O)C3O)[C@H](O)C2O)[C@H](O)C1O.[Ac].[Ac].[Ac].[Ac].[Ac].[Ac].[Ac].[Ac].[Ac].[Ac]. The molecule has 3 fully saturated rings. The molecular weight excluding hydrogens is 2760 g/mol. The van der Waals surface area contributed by atoms with Crippen molar-refractivity contribution in [2.45, 2.75) is 106 Å². The zero-order valence-electron chi connectivity index (χ0n) is 25.6. The van der Waals surface area contributed by atoms with E-state index in [9.17, 15) is 51.1 Å². The average Bonchev–Trinajstić information content (AvgIpc) is 2.86. The molecule has 0 aromatic carbocycles. The monoisotopic (exact) mass is 2800 g/mol. The van der Waals surface area contributed by atoms with Crippen LogP contribution >= 0.6 is 0 Å². The first kappa shape index (κ1) is 77.1. The van der Waals surface area contributed by atoms with Crippen molar-refractivity contribution in [1.29, 1.82) is 0 Å². The maximum absolute atomic E-state index is 10.7. The first-order chi connectivity index (χ1) is 17.0. The van der Waals surface area contributed by atoms with E-state index in [1.54, 1.807) is 13.8 Å². The minimum Gasteiger partial charge on any atom is -0.394 e. The Balaban J connectivity index is -0.000000241. The zero-order chi connectivity index (χ0) is 26.9. The van der Waals surface area contributed by atoms with Crippen LogP contribution in [0.4, 0.5) is 0 Å². The Bertz CT molecular complexity index is 712. The predicted molar refractivity (Wildman–Crippen MR) is 114 cm³/mol. The largest absolute Gasteiger partial charge is 0.394 e. The summed E-state index contributed by atoms with van der Waals surface area (Å²) in [6.07, 6.45) is -22.7. The molecule has 0 bridgehead atoms. The molecule has 3 saturated heterocycles. The molecular formula is C21H38Ac10O15. The molecule has 10 N–H and O–H groups in total. The minimum atomic E-state index is -1.85. The number of rotatable bonds is 8. The standard InChI is InChI=1S/C21H38O15.10Ac/c1-6(2)17-12(27)13(28)18(8(4-23)32-17)35-21-16(31)14(29)19(9(5-24)34-21)36-20-15(30)11(26)10(25)7(3-22)33-20;;;;;;;;;;/h6-31H,3-5H2,1-2H3;;;;;;;;;;/t7?,8?,9?,10-,11-,12?,13+,14+,15?,16?,17-,18+,19-,20+,21-;;;;;;;;;;/m0........../s1. The number of hydrogen-bond acceptors (Lipinski definition) is 15. The normalized spacial score (nSPS) is 39.5. The summed E-state index contributed by atoms with van der Waals surface area (Å²) in [5.74, 6) is -0.206. The van der Waals surface area contributed by atoms with Crippen LogP contribution in [0.15, 0.2) is 0 Å². The summed E-state index contributed by atoms with van der Waals surface area (Å²) in [7, 11) is 0. The molecule has 0 saturated carbocycles. The minimum absolute atomic E-state index is 0. The van der Waals surface area contributed by atoms with E-state index in [-0.39, 0.29) is 447 Å². The molecule has 0 spiro atoms. The van der Waals surface area contributed by atoms with E-state index in [0.29, 0.717) is 0 Å². The van der Waals surface area contributed by atoms with Crippen molar-refractivity contribution in [3.8, 4) is 0 Å². The Hall–Kier alpha value is 13.8. The number of aliphatic hydroxyl groups excluding tert-OH is 10. The first-order valence-electron chi connectivity index (χ1n) is 11.8. The summed E-state index contributed by atoms with van der Waals surface area (Å²) in [6, 6.07) is 0. The molecule has 10 radical (unpaired) electrons. The van der Waals surface area contributed by atoms with Gasteiger partial charge in [0.15, 0.2) is 12.6 Å². The Kier molecular flexibility index (Phi) is 67.6. The van der Waals surface area contributed by atoms with Crippen LogP contribution in [-0.4, -0.2) is 163 Å². The predicted octanol–water partition coefficient (Wildman–Crippen LogP) is -5.87. The van der Waals surface area contributed by atoms with Crippen molar-refractivity contribution in [3.05, 3.63) is 0 Å². The second kappa shape index (κ2) is 40.3. The van der Waals surface area contributed by atoms with Crippen LogP contribution in [0, 0.1) is 447 Å². The third kappa shape index (κ3) is 22.1. The summed E-state index contributed by atoms with van der Waals surface area (Å²) in [6.45, 7) is 1.40. The van der Waals surface area contributed by atoms with Gasteiger partial charge in [-0.2, -0.15) is 0 Å². The van der Waals surface area contributed by atoms with Crippen LogP contribution in [0.2, 0.25) is 0 Å². The zero-order valence-corrected chi connectivity index (χ0v) is 73.1. The van der Waals surface area contributed by atoms with Gasteiger partial charge in [0.05, 0.1) is 25.9 Å². The molecule has 15 atom stereocenters. The van der Waals surface area contributed by atoms with Gasteiger partial charge in [0.2, 0.25) is 0 Å². The van der Waals surface area contributed by atoms with E-state index in [1.165, 1.54) is 0 Å². The maximum atomic E-state index is 10.7. The first-order valence-corrected chi connectivity index (χ1v) is 11.8. The van der Waals surface area contributed by atoms with Gasteiger partial charge in [-0.05, 0) is 5.92 Å². The van der Waals surface area contributed by atoms with E-state index in [1.807, 2.05) is 0 Å². The van der Waals surface area contributed by atoms with Crippen molar-refractivity contribution in [2.75, 3.05) is 19.8 Å². The van der Waals surface area contributed by atoms with Crippen LogP contribution in [0.5, 0.6) is 0 Å². The number of hydrogen-bond donors (Lipinski definition) is 10. The van der Waals surface area contributed by atoms with Crippen LogP contribution < -0.4 is 0 Å². The van der Waals surface area contributed by atoms with Crippen LogP contribution in [0.25, 0.3) is 0 Å². The molecule has 3 rings (SSSR count). The molecule has 3 aliphatic rings. The summed E-state index contributed by atoms with van der Waals surface area (Å²) >= 11 is 0. The molecule has 3 heterocycles. The molecule has 0 aliphatic carbocycles. The van der Waals surface area contributed by atoms with Crippen LogP contribution in [-0.2, 0) is 23.7 Å². The molecule has 6 unspecified atom stereocenters. The van der Waals surface area contributed by atoms with E-state index >= 15 is 0 Å². The average molecular weight is 2800 g/mol. The second-order valence-electron chi connectivity index (χ2n) is 9.65. The van der Waals surface area contributed by atoms with Crippen molar-refractivity contribution >= 4 is 0 Å². The molecule has 0 aromatic rings. The van der Waals surface area contributed by atoms with Gasteiger partial charge in [0, 0.05) is 441 Å². The summed E-state index contributed by atoms with van der Waals surface area (Å²) in [5, 5.41) is 101. The maximum Gasteiger partial charge on any atom is 0.187 e. The van der Waals surface area contributed by atoms with Gasteiger partial charge in [0.1, 0.15) is 73.2 Å². The van der Waals surface area contributed by atoms with Crippen molar-refractivity contribution < 1.29 is 515 Å². The van der Waals surface area contributed by atoms with Crippen molar-refractivity contribution in [1.82, 2.24) is 0 Å². The molecule has 0 amide bonds. The number of aliphatic hydroxyl groups is 10. The van der Waals surface area contributed by atoms with Gasteiger partial charge in [0.25, 0.3) is 0 Å². The Labute approximate surface area is 627 Å². The quantitative estimate of drug-likeness (QED) is 0.109. The van der Waals surface area contributed by atoms with Gasteiger partial charge in [-0.3, -0.25) is 0 Å². The van der Waals surface area contributed by atoms with Gasteiger partial charge >= 0.3 is 0 Å². The van der Waals surface area contributed by atoms with E-state index in [2.05, 4.69) is 0 Å². The Morgan fingerprint density at radius 1 is 0.435 bits per heavy atom. The molecule has 0 aromatic heterocycles. The van der Waals surface area contributed by atoms with Gasteiger partial charge in [-0.15, -0.1) is 0 Å². The fourth-order valence-corrected chi connectivity index (χ4v) is 4.66. The second-order valence-corrected chi connectivity index (χ2v) is 9.65. The van der Waals surface area contributed by atoms with Gasteiger partial charge in [-0.1, -0.05) is 13.8 Å². The van der Waals surface area contributed by atoms with Crippen molar-refractivity contribution in [3.63, 3.8) is 0 Å². The number of ether oxygens (including phenoxy) is 5. The molecule has 25 heteroatoms. The summed E-state index contributed by atoms with van der Waals surface area (Å²) in [4.78, 5) is 0. The molecule has 242 valence electrons. The fourth-order valence-electron chi connectivity index (χ4n) is 4.66. The molecule has 3 aliphatic heterocycles. The van der Waals surface area contributed by atoms with E-state index in [0.717, 1.165) is 0 Å². The topological polar surface area (TPSA) is 248 Å². The third-order valence-corrected chi connectivity index (χ3v) is 6.81. The van der Waals surface area contributed by atoms with E-state index in [4.69, 9.17) is 23.7 Å². The van der Waals surface area contributed by atoms with Gasteiger partial charge in [-0.25, -0.2) is 0 Å². The van der Waals surface area contributed by atoms with Crippen molar-refractivity contribution in [2.24, 2.45) is 5.92 Å². The smallest absolute Gasteiger partial charge is 0.187 e. The fraction of sp³-hybridized carbons (Fsp3) is 1.00. The van der Waals surface area contributed by atoms with Crippen LogP contribution in [0.1, 0.15) is 13.8 Å². The molecule has 15 nitrogen and oxygen atoms in total. The summed E-state index contributed by atoms with van der Waals surface area (Å²) < 4.78 is 27.5.